The fourth-order valence-electron chi connectivity index (χ4n) is 2.11. The Kier molecular flexibility index (Phi) is 6.56. The van der Waals surface area contributed by atoms with Gasteiger partial charge in [0.25, 0.3) is 0 Å². The zero-order chi connectivity index (χ0) is 16.5. The number of hydrogen-bond acceptors (Lipinski definition) is 3. The highest BCUT2D eigenvalue weighted by Gasteiger charge is 2.12. The second kappa shape index (κ2) is 8.90. The van der Waals surface area contributed by atoms with Crippen molar-refractivity contribution in [3.63, 3.8) is 0 Å². The van der Waals surface area contributed by atoms with Gasteiger partial charge in [0.05, 0.1) is 17.9 Å². The number of hydrogen-bond donors (Lipinski definition) is 2. The van der Waals surface area contributed by atoms with Crippen molar-refractivity contribution in [1.82, 2.24) is 5.32 Å². The number of benzene rings is 2. The van der Waals surface area contributed by atoms with Crippen molar-refractivity contribution >= 4 is 29.0 Å². The first-order valence-electron chi connectivity index (χ1n) is 7.55. The van der Waals surface area contributed by atoms with E-state index in [-0.39, 0.29) is 5.97 Å². The molecule has 0 aliphatic carbocycles. The number of para-hydroxylation sites is 1. The van der Waals surface area contributed by atoms with Crippen LogP contribution in [0.15, 0.2) is 54.6 Å². The van der Waals surface area contributed by atoms with E-state index in [4.69, 9.17) is 17.0 Å². The van der Waals surface area contributed by atoms with E-state index in [0.717, 1.165) is 13.0 Å². The molecule has 2 rings (SSSR count). The lowest BCUT2D eigenvalue weighted by Gasteiger charge is -2.13. The van der Waals surface area contributed by atoms with E-state index in [1.807, 2.05) is 24.3 Å². The van der Waals surface area contributed by atoms with Crippen molar-refractivity contribution in [1.29, 1.82) is 0 Å². The van der Waals surface area contributed by atoms with Gasteiger partial charge in [-0.2, -0.15) is 0 Å². The zero-order valence-electron chi connectivity index (χ0n) is 13.0. The molecule has 2 aromatic carbocycles. The largest absolute Gasteiger partial charge is 0.462 e. The highest BCUT2D eigenvalue weighted by molar-refractivity contribution is 7.80. The zero-order valence-corrected chi connectivity index (χ0v) is 13.9. The van der Waals surface area contributed by atoms with Crippen LogP contribution in [0.3, 0.4) is 0 Å². The minimum atomic E-state index is -0.359. The maximum absolute atomic E-state index is 11.9. The van der Waals surface area contributed by atoms with Crippen molar-refractivity contribution in [3.05, 3.63) is 65.7 Å². The van der Waals surface area contributed by atoms with E-state index in [2.05, 4.69) is 22.8 Å². The van der Waals surface area contributed by atoms with Crippen LogP contribution in [0.4, 0.5) is 5.69 Å². The molecule has 4 nitrogen and oxygen atoms in total. The monoisotopic (exact) mass is 328 g/mol. The molecule has 0 aliphatic heterocycles. The summed E-state index contributed by atoms with van der Waals surface area (Å²) in [5.74, 6) is -0.359. The molecule has 5 heteroatoms. The van der Waals surface area contributed by atoms with Crippen LogP contribution in [0.5, 0.6) is 0 Å². The van der Waals surface area contributed by atoms with Gasteiger partial charge in [-0.05, 0) is 43.3 Å². The Morgan fingerprint density at radius 1 is 1.09 bits per heavy atom. The second-order valence-corrected chi connectivity index (χ2v) is 5.29. The molecule has 0 heterocycles. The van der Waals surface area contributed by atoms with Crippen molar-refractivity contribution in [3.8, 4) is 0 Å². The summed E-state index contributed by atoms with van der Waals surface area (Å²) in [5.41, 5.74) is 2.36. The maximum atomic E-state index is 11.9. The van der Waals surface area contributed by atoms with Crippen LogP contribution in [0, 0.1) is 0 Å². The third-order valence-corrected chi connectivity index (χ3v) is 3.46. The standard InChI is InChI=1S/C18H20N2O2S/c1-2-22-17(21)15-10-6-7-11-16(15)20-18(23)19-13-12-14-8-4-3-5-9-14/h3-11H,2,12-13H2,1H3,(H2,19,20,23). The summed E-state index contributed by atoms with van der Waals surface area (Å²) in [4.78, 5) is 11.9. The molecule has 0 radical (unpaired) electrons. The van der Waals surface area contributed by atoms with Gasteiger partial charge in [0.2, 0.25) is 0 Å². The number of carbonyl (C=O) groups is 1. The summed E-state index contributed by atoms with van der Waals surface area (Å²) in [6.45, 7) is 2.84. The first kappa shape index (κ1) is 17.0. The second-order valence-electron chi connectivity index (χ2n) is 4.88. The van der Waals surface area contributed by atoms with E-state index in [1.165, 1.54) is 5.56 Å². The van der Waals surface area contributed by atoms with Crippen LogP contribution < -0.4 is 10.6 Å². The number of esters is 1. The van der Waals surface area contributed by atoms with Crippen LogP contribution in [-0.4, -0.2) is 24.2 Å². The smallest absolute Gasteiger partial charge is 0.340 e. The molecular formula is C18H20N2O2S. The van der Waals surface area contributed by atoms with Crippen molar-refractivity contribution in [2.75, 3.05) is 18.5 Å². The topological polar surface area (TPSA) is 50.4 Å². The average Bonchev–Trinajstić information content (AvgIpc) is 2.56. The van der Waals surface area contributed by atoms with Gasteiger partial charge in [-0.1, -0.05) is 42.5 Å². The van der Waals surface area contributed by atoms with Crippen LogP contribution in [0.2, 0.25) is 0 Å². The van der Waals surface area contributed by atoms with Crippen LogP contribution in [0.1, 0.15) is 22.8 Å². The molecule has 0 spiro atoms. The normalized spacial score (nSPS) is 9.96. The number of anilines is 1. The third-order valence-electron chi connectivity index (χ3n) is 3.21. The van der Waals surface area contributed by atoms with Crippen LogP contribution in [0.25, 0.3) is 0 Å². The molecule has 2 N–H and O–H groups in total. The SMILES string of the molecule is CCOC(=O)c1ccccc1NC(=S)NCCc1ccccc1. The Morgan fingerprint density at radius 3 is 2.52 bits per heavy atom. The summed E-state index contributed by atoms with van der Waals surface area (Å²) in [6.07, 6.45) is 0.877. The van der Waals surface area contributed by atoms with Gasteiger partial charge >= 0.3 is 5.97 Å². The molecule has 0 saturated heterocycles. The average molecular weight is 328 g/mol. The maximum Gasteiger partial charge on any atom is 0.340 e. The van der Waals surface area contributed by atoms with Gasteiger partial charge in [0.1, 0.15) is 0 Å². The summed E-state index contributed by atoms with van der Waals surface area (Å²) >= 11 is 5.29. The van der Waals surface area contributed by atoms with Crippen molar-refractivity contribution < 1.29 is 9.53 Å². The Morgan fingerprint density at radius 2 is 1.78 bits per heavy atom. The molecule has 0 saturated carbocycles. The van der Waals surface area contributed by atoms with E-state index < -0.39 is 0 Å². The van der Waals surface area contributed by atoms with Gasteiger partial charge in [0.15, 0.2) is 5.11 Å². The van der Waals surface area contributed by atoms with E-state index >= 15 is 0 Å². The molecule has 0 bridgehead atoms. The lowest BCUT2D eigenvalue weighted by molar-refractivity contribution is 0.0527. The van der Waals surface area contributed by atoms with Crippen LogP contribution in [-0.2, 0) is 11.2 Å². The lowest BCUT2D eigenvalue weighted by Crippen LogP contribution is -2.30. The highest BCUT2D eigenvalue weighted by Crippen LogP contribution is 2.16. The molecule has 0 aliphatic rings. The number of ether oxygens (including phenoxy) is 1. The number of thiocarbonyl (C=S) groups is 1. The van der Waals surface area contributed by atoms with Gasteiger partial charge < -0.3 is 15.4 Å². The lowest BCUT2D eigenvalue weighted by atomic mass is 10.1. The summed E-state index contributed by atoms with van der Waals surface area (Å²) in [6, 6.07) is 17.3. The Balaban J connectivity index is 1.89. The van der Waals surface area contributed by atoms with Gasteiger partial charge in [-0.15, -0.1) is 0 Å². The Labute approximate surface area is 141 Å². The van der Waals surface area contributed by atoms with Gasteiger partial charge in [-0.3, -0.25) is 0 Å². The molecule has 0 aromatic heterocycles. The fourth-order valence-corrected chi connectivity index (χ4v) is 2.32. The van der Waals surface area contributed by atoms with Crippen molar-refractivity contribution in [2.24, 2.45) is 0 Å². The van der Waals surface area contributed by atoms with E-state index in [0.29, 0.717) is 23.0 Å². The quantitative estimate of drug-likeness (QED) is 0.629. The molecule has 0 amide bonds. The van der Waals surface area contributed by atoms with Gasteiger partial charge in [0, 0.05) is 6.54 Å². The van der Waals surface area contributed by atoms with E-state index in [9.17, 15) is 4.79 Å². The summed E-state index contributed by atoms with van der Waals surface area (Å²) in [7, 11) is 0. The highest BCUT2D eigenvalue weighted by atomic mass is 32.1. The molecule has 120 valence electrons. The Bertz CT molecular complexity index is 659. The third kappa shape index (κ3) is 5.38. The molecule has 23 heavy (non-hydrogen) atoms. The molecule has 0 unspecified atom stereocenters. The first-order valence-corrected chi connectivity index (χ1v) is 7.96. The minimum Gasteiger partial charge on any atom is -0.462 e. The van der Waals surface area contributed by atoms with Gasteiger partial charge in [-0.25, -0.2) is 4.79 Å². The predicted octanol–water partition coefficient (Wildman–Crippen LogP) is 3.39. The predicted molar refractivity (Wildman–Crippen MR) is 96.8 cm³/mol. The molecule has 0 atom stereocenters. The molecule has 0 fully saturated rings. The minimum absolute atomic E-state index is 0.340. The fraction of sp³-hybridized carbons (Fsp3) is 0.222. The van der Waals surface area contributed by atoms with Crippen molar-refractivity contribution in [2.45, 2.75) is 13.3 Å². The summed E-state index contributed by atoms with van der Waals surface area (Å²) in [5, 5.41) is 6.69. The number of nitrogens with one attached hydrogen (secondary N) is 2. The number of carbonyl (C=O) groups excluding carboxylic acids is 1. The summed E-state index contributed by atoms with van der Waals surface area (Å²) < 4.78 is 5.05. The molecular weight excluding hydrogens is 308 g/mol. The Hall–Kier alpha value is -2.40. The van der Waals surface area contributed by atoms with Crippen LogP contribution >= 0.6 is 12.2 Å². The first-order chi connectivity index (χ1) is 11.2. The van der Waals surface area contributed by atoms with E-state index in [1.54, 1.807) is 25.1 Å². The number of rotatable bonds is 6. The molecule has 2 aromatic rings.